The van der Waals surface area contributed by atoms with Crippen LogP contribution in [0.1, 0.15) is 48.5 Å². The number of fused-ring (bicyclic) bond motifs is 1. The molecule has 0 saturated heterocycles. The molecule has 0 aliphatic rings. The summed E-state index contributed by atoms with van der Waals surface area (Å²) in [7, 11) is 0. The van der Waals surface area contributed by atoms with Crippen LogP contribution in [0.25, 0.3) is 10.8 Å². The Morgan fingerprint density at radius 1 is 0.889 bits per heavy atom. The van der Waals surface area contributed by atoms with E-state index in [1.807, 2.05) is 54.6 Å². The summed E-state index contributed by atoms with van der Waals surface area (Å²) in [5.74, 6) is 1.03. The van der Waals surface area contributed by atoms with Gasteiger partial charge >= 0.3 is 0 Å². The van der Waals surface area contributed by atoms with Gasteiger partial charge in [0.05, 0.1) is 6.61 Å². The standard InChI is InChI=1S/C24H25BrO2/c1-2-3-4-5-14-27-23-13-10-19-16-21(9-8-20(19)17-23)24(26)15-18-6-11-22(25)12-7-18/h6-13,16-17H,2-5,14-15H2,1H3. The van der Waals surface area contributed by atoms with E-state index in [-0.39, 0.29) is 5.78 Å². The Bertz CT molecular complexity index is 900. The molecule has 0 aliphatic carbocycles. The molecule has 0 fully saturated rings. The van der Waals surface area contributed by atoms with Crippen LogP contribution in [0.3, 0.4) is 0 Å². The summed E-state index contributed by atoms with van der Waals surface area (Å²) in [6.45, 7) is 2.97. The van der Waals surface area contributed by atoms with Gasteiger partial charge in [-0.05, 0) is 53.1 Å². The van der Waals surface area contributed by atoms with Gasteiger partial charge in [-0.25, -0.2) is 0 Å². The van der Waals surface area contributed by atoms with Gasteiger partial charge in [0, 0.05) is 16.5 Å². The van der Waals surface area contributed by atoms with Gasteiger partial charge in [-0.1, -0.05) is 72.4 Å². The van der Waals surface area contributed by atoms with E-state index in [1.165, 1.54) is 19.3 Å². The number of carbonyl (C=O) groups excluding carboxylic acids is 1. The van der Waals surface area contributed by atoms with Crippen molar-refractivity contribution < 1.29 is 9.53 Å². The summed E-state index contributed by atoms with van der Waals surface area (Å²) in [4.78, 5) is 12.6. The van der Waals surface area contributed by atoms with Crippen molar-refractivity contribution in [3.8, 4) is 5.75 Å². The molecule has 0 bridgehead atoms. The van der Waals surface area contributed by atoms with Crippen LogP contribution in [0.15, 0.2) is 65.1 Å². The Hall–Kier alpha value is -2.13. The van der Waals surface area contributed by atoms with E-state index in [9.17, 15) is 4.79 Å². The highest BCUT2D eigenvalue weighted by Crippen LogP contribution is 2.23. The van der Waals surface area contributed by atoms with Crippen molar-refractivity contribution in [2.75, 3.05) is 6.61 Å². The molecule has 3 aromatic rings. The molecule has 0 unspecified atom stereocenters. The highest BCUT2D eigenvalue weighted by molar-refractivity contribution is 9.10. The second-order valence-corrected chi connectivity index (χ2v) is 7.77. The smallest absolute Gasteiger partial charge is 0.167 e. The van der Waals surface area contributed by atoms with Gasteiger partial charge < -0.3 is 4.74 Å². The zero-order valence-corrected chi connectivity index (χ0v) is 17.3. The SMILES string of the molecule is CCCCCCOc1ccc2cc(C(=O)Cc3ccc(Br)cc3)ccc2c1. The van der Waals surface area contributed by atoms with E-state index in [0.717, 1.165) is 45.1 Å². The fourth-order valence-electron chi connectivity index (χ4n) is 3.10. The number of ether oxygens (including phenoxy) is 1. The number of hydrogen-bond acceptors (Lipinski definition) is 2. The van der Waals surface area contributed by atoms with Gasteiger partial charge in [0.15, 0.2) is 5.78 Å². The second-order valence-electron chi connectivity index (χ2n) is 6.86. The molecule has 0 amide bonds. The Labute approximate surface area is 169 Å². The van der Waals surface area contributed by atoms with Crippen LogP contribution in [0.4, 0.5) is 0 Å². The Balaban J connectivity index is 1.65. The molecule has 0 atom stereocenters. The van der Waals surface area contributed by atoms with Crippen molar-refractivity contribution in [1.29, 1.82) is 0 Å². The van der Waals surface area contributed by atoms with E-state index < -0.39 is 0 Å². The van der Waals surface area contributed by atoms with E-state index in [1.54, 1.807) is 0 Å². The summed E-state index contributed by atoms with van der Waals surface area (Å²) in [5, 5.41) is 2.16. The number of halogens is 1. The van der Waals surface area contributed by atoms with Gasteiger partial charge in [-0.15, -0.1) is 0 Å². The number of rotatable bonds is 9. The van der Waals surface area contributed by atoms with Gasteiger partial charge in [0.1, 0.15) is 5.75 Å². The predicted octanol–water partition coefficient (Wildman–Crippen LogP) is 6.99. The molecule has 0 spiro atoms. The predicted molar refractivity (Wildman–Crippen MR) is 116 cm³/mol. The molecule has 0 aliphatic heterocycles. The Kier molecular flexibility index (Phi) is 7.05. The normalized spacial score (nSPS) is 10.9. The van der Waals surface area contributed by atoms with E-state index in [4.69, 9.17) is 4.74 Å². The summed E-state index contributed by atoms with van der Waals surface area (Å²) >= 11 is 3.42. The molecule has 0 radical (unpaired) electrons. The van der Waals surface area contributed by atoms with Crippen molar-refractivity contribution >= 4 is 32.5 Å². The number of unbranched alkanes of at least 4 members (excludes halogenated alkanes) is 3. The quantitative estimate of drug-likeness (QED) is 0.273. The first-order valence-electron chi connectivity index (χ1n) is 9.60. The lowest BCUT2D eigenvalue weighted by Gasteiger charge is -2.08. The molecule has 27 heavy (non-hydrogen) atoms. The van der Waals surface area contributed by atoms with E-state index >= 15 is 0 Å². The molecule has 3 heteroatoms. The minimum absolute atomic E-state index is 0.135. The van der Waals surface area contributed by atoms with Gasteiger partial charge in [-0.2, -0.15) is 0 Å². The third-order valence-corrected chi connectivity index (χ3v) is 5.21. The summed E-state index contributed by atoms with van der Waals surface area (Å²) in [5.41, 5.74) is 1.77. The third kappa shape index (κ3) is 5.67. The van der Waals surface area contributed by atoms with Crippen LogP contribution >= 0.6 is 15.9 Å². The fourth-order valence-corrected chi connectivity index (χ4v) is 3.36. The average molecular weight is 425 g/mol. The maximum Gasteiger partial charge on any atom is 0.167 e. The average Bonchev–Trinajstić information content (AvgIpc) is 2.69. The number of Topliss-reactive ketones (excluding diaryl/α,β-unsaturated/α-hetero) is 1. The molecule has 0 aromatic heterocycles. The maximum absolute atomic E-state index is 12.6. The third-order valence-electron chi connectivity index (χ3n) is 4.68. The van der Waals surface area contributed by atoms with Crippen molar-refractivity contribution in [2.24, 2.45) is 0 Å². The topological polar surface area (TPSA) is 26.3 Å². The van der Waals surface area contributed by atoms with E-state index in [2.05, 4.69) is 28.9 Å². The lowest BCUT2D eigenvalue weighted by atomic mass is 10.00. The number of benzene rings is 3. The molecular weight excluding hydrogens is 400 g/mol. The monoisotopic (exact) mass is 424 g/mol. The molecule has 0 saturated carbocycles. The van der Waals surface area contributed by atoms with Crippen LogP contribution in [0.2, 0.25) is 0 Å². The Morgan fingerprint density at radius 3 is 2.41 bits per heavy atom. The second kappa shape index (κ2) is 9.70. The van der Waals surface area contributed by atoms with Crippen molar-refractivity contribution in [3.63, 3.8) is 0 Å². The molecule has 3 aromatic carbocycles. The Morgan fingerprint density at radius 2 is 1.63 bits per heavy atom. The lowest BCUT2D eigenvalue weighted by Crippen LogP contribution is -2.03. The van der Waals surface area contributed by atoms with Crippen LogP contribution in [-0.4, -0.2) is 12.4 Å². The van der Waals surface area contributed by atoms with Gasteiger partial charge in [0.25, 0.3) is 0 Å². The van der Waals surface area contributed by atoms with Crippen molar-refractivity contribution in [3.05, 3.63) is 76.3 Å². The van der Waals surface area contributed by atoms with Crippen LogP contribution in [0, 0.1) is 0 Å². The van der Waals surface area contributed by atoms with Crippen molar-refractivity contribution in [1.82, 2.24) is 0 Å². The highest BCUT2D eigenvalue weighted by atomic mass is 79.9. The summed E-state index contributed by atoms with van der Waals surface area (Å²) in [6.07, 6.45) is 5.22. The number of hydrogen-bond donors (Lipinski definition) is 0. The molecule has 140 valence electrons. The van der Waals surface area contributed by atoms with Crippen molar-refractivity contribution in [2.45, 2.75) is 39.0 Å². The van der Waals surface area contributed by atoms with Crippen LogP contribution in [-0.2, 0) is 6.42 Å². The summed E-state index contributed by atoms with van der Waals surface area (Å²) < 4.78 is 6.88. The van der Waals surface area contributed by atoms with Crippen LogP contribution in [0.5, 0.6) is 5.75 Å². The first kappa shape index (κ1) is 19.6. The molecular formula is C24H25BrO2. The number of carbonyl (C=O) groups is 1. The number of ketones is 1. The molecule has 0 N–H and O–H groups in total. The molecule has 0 heterocycles. The van der Waals surface area contributed by atoms with Gasteiger partial charge in [-0.3, -0.25) is 4.79 Å². The first-order chi connectivity index (χ1) is 13.2. The molecule has 3 rings (SSSR count). The maximum atomic E-state index is 12.6. The highest BCUT2D eigenvalue weighted by Gasteiger charge is 2.08. The van der Waals surface area contributed by atoms with E-state index in [0.29, 0.717) is 6.42 Å². The first-order valence-corrected chi connectivity index (χ1v) is 10.4. The largest absolute Gasteiger partial charge is 0.494 e. The fraction of sp³-hybridized carbons (Fsp3) is 0.292. The zero-order chi connectivity index (χ0) is 19.1. The van der Waals surface area contributed by atoms with Crippen LogP contribution < -0.4 is 4.74 Å². The van der Waals surface area contributed by atoms with Gasteiger partial charge in [0.2, 0.25) is 0 Å². The minimum atomic E-state index is 0.135. The minimum Gasteiger partial charge on any atom is -0.494 e. The lowest BCUT2D eigenvalue weighted by molar-refractivity contribution is 0.0993. The zero-order valence-electron chi connectivity index (χ0n) is 15.7. The summed E-state index contributed by atoms with van der Waals surface area (Å²) in [6, 6.07) is 19.9. The molecule has 2 nitrogen and oxygen atoms in total.